The number of nitrogens with zero attached hydrogens (tertiary/aromatic N) is 2. The van der Waals surface area contributed by atoms with Crippen LogP contribution in [0.4, 0.5) is 11.4 Å². The van der Waals surface area contributed by atoms with E-state index in [9.17, 15) is 9.59 Å². The molecule has 1 amide bonds. The Hall–Kier alpha value is -2.67. The minimum Gasteiger partial charge on any atom is -0.399 e. The van der Waals surface area contributed by atoms with Gasteiger partial charge in [-0.25, -0.2) is 4.98 Å². The summed E-state index contributed by atoms with van der Waals surface area (Å²) < 4.78 is 1.49. The van der Waals surface area contributed by atoms with Gasteiger partial charge >= 0.3 is 0 Å². The molecule has 0 spiro atoms. The van der Waals surface area contributed by atoms with Crippen LogP contribution >= 0.6 is 11.3 Å². The molecule has 0 aliphatic heterocycles. The number of benzene rings is 1. The first-order chi connectivity index (χ1) is 11.9. The number of nitrogen functional groups attached to an aromatic ring is 1. The molecule has 3 aromatic rings. The van der Waals surface area contributed by atoms with Gasteiger partial charge in [0.1, 0.15) is 4.83 Å². The number of rotatable bonds is 4. The zero-order valence-electron chi connectivity index (χ0n) is 14.4. The molecule has 2 aromatic heterocycles. The van der Waals surface area contributed by atoms with Crippen molar-refractivity contribution in [2.75, 3.05) is 11.1 Å². The largest absolute Gasteiger partial charge is 0.399 e. The second-order valence-electron chi connectivity index (χ2n) is 6.08. The molecule has 0 radical (unpaired) electrons. The van der Waals surface area contributed by atoms with E-state index in [-0.39, 0.29) is 24.4 Å². The van der Waals surface area contributed by atoms with Crippen LogP contribution in [0, 0.1) is 20.8 Å². The van der Waals surface area contributed by atoms with Crippen LogP contribution in [0.5, 0.6) is 0 Å². The molecule has 3 N–H and O–H groups in total. The van der Waals surface area contributed by atoms with Crippen LogP contribution in [0.25, 0.3) is 10.2 Å². The maximum atomic E-state index is 12.6. The smallest absolute Gasteiger partial charge is 0.262 e. The summed E-state index contributed by atoms with van der Waals surface area (Å²) in [4.78, 5) is 31.0. The quantitative estimate of drug-likeness (QED) is 0.703. The third-order valence-corrected chi connectivity index (χ3v) is 5.39. The van der Waals surface area contributed by atoms with E-state index in [1.807, 2.05) is 26.8 Å². The van der Waals surface area contributed by atoms with Crippen molar-refractivity contribution in [2.45, 2.75) is 33.7 Å². The van der Waals surface area contributed by atoms with E-state index in [4.69, 9.17) is 5.73 Å². The highest BCUT2D eigenvalue weighted by Crippen LogP contribution is 2.25. The van der Waals surface area contributed by atoms with Crippen LogP contribution in [0.3, 0.4) is 0 Å². The first-order valence-corrected chi connectivity index (χ1v) is 8.79. The van der Waals surface area contributed by atoms with Crippen molar-refractivity contribution in [3.8, 4) is 0 Å². The molecule has 0 bridgehead atoms. The Kier molecular flexibility index (Phi) is 4.59. The summed E-state index contributed by atoms with van der Waals surface area (Å²) in [5.74, 6) is -0.168. The minimum atomic E-state index is -0.168. The number of aromatic nitrogens is 2. The second-order valence-corrected chi connectivity index (χ2v) is 7.28. The summed E-state index contributed by atoms with van der Waals surface area (Å²) in [5, 5.41) is 3.49. The topological polar surface area (TPSA) is 90.0 Å². The number of nitrogens with one attached hydrogen (secondary N) is 1. The number of carbonyl (C=O) groups is 1. The summed E-state index contributed by atoms with van der Waals surface area (Å²) in [6, 6.07) is 5.37. The summed E-state index contributed by atoms with van der Waals surface area (Å²) in [6.07, 6.45) is 1.70. The van der Waals surface area contributed by atoms with Gasteiger partial charge in [-0.05, 0) is 44.0 Å². The van der Waals surface area contributed by atoms with Gasteiger partial charge in [-0.2, -0.15) is 0 Å². The monoisotopic (exact) mass is 356 g/mol. The van der Waals surface area contributed by atoms with Gasteiger partial charge in [0.15, 0.2) is 0 Å². The van der Waals surface area contributed by atoms with Crippen molar-refractivity contribution in [1.29, 1.82) is 0 Å². The predicted molar refractivity (Wildman–Crippen MR) is 102 cm³/mol. The number of carbonyl (C=O) groups excluding carboxylic acids is 1. The number of anilines is 2. The van der Waals surface area contributed by atoms with Crippen molar-refractivity contribution in [3.05, 3.63) is 50.9 Å². The van der Waals surface area contributed by atoms with Crippen LogP contribution in [0.2, 0.25) is 0 Å². The van der Waals surface area contributed by atoms with Gasteiger partial charge < -0.3 is 11.1 Å². The van der Waals surface area contributed by atoms with Gasteiger partial charge in [0.05, 0.1) is 11.7 Å². The molecule has 0 saturated heterocycles. The van der Waals surface area contributed by atoms with Gasteiger partial charge in [-0.3, -0.25) is 14.2 Å². The van der Waals surface area contributed by atoms with Crippen LogP contribution in [0.1, 0.15) is 22.4 Å². The number of hydrogen-bond donors (Lipinski definition) is 2. The Balaban J connectivity index is 1.75. The molecule has 2 heterocycles. The summed E-state index contributed by atoms with van der Waals surface area (Å²) in [6.45, 7) is 6.09. The van der Waals surface area contributed by atoms with Crippen molar-refractivity contribution in [2.24, 2.45) is 0 Å². The molecule has 7 heteroatoms. The number of thiophene rings is 1. The van der Waals surface area contributed by atoms with Crippen molar-refractivity contribution in [1.82, 2.24) is 9.55 Å². The van der Waals surface area contributed by atoms with Crippen LogP contribution in [-0.4, -0.2) is 15.5 Å². The third kappa shape index (κ3) is 3.41. The lowest BCUT2D eigenvalue weighted by molar-refractivity contribution is -0.116. The van der Waals surface area contributed by atoms with Gasteiger partial charge in [0.25, 0.3) is 5.56 Å². The van der Waals surface area contributed by atoms with Crippen molar-refractivity contribution >= 4 is 38.8 Å². The predicted octanol–water partition coefficient (Wildman–Crippen LogP) is 2.99. The first kappa shape index (κ1) is 17.2. The molecule has 3 rings (SSSR count). The molecule has 0 unspecified atom stereocenters. The zero-order valence-corrected chi connectivity index (χ0v) is 15.2. The average Bonchev–Trinajstić information content (AvgIpc) is 2.85. The Labute approximate surface area is 149 Å². The van der Waals surface area contributed by atoms with Gasteiger partial charge in [-0.15, -0.1) is 11.3 Å². The average molecular weight is 356 g/mol. The van der Waals surface area contributed by atoms with E-state index in [1.54, 1.807) is 12.1 Å². The lowest BCUT2D eigenvalue weighted by Crippen LogP contribution is -2.23. The van der Waals surface area contributed by atoms with Crippen molar-refractivity contribution < 1.29 is 4.79 Å². The van der Waals surface area contributed by atoms with E-state index in [2.05, 4.69) is 10.3 Å². The van der Waals surface area contributed by atoms with E-state index < -0.39 is 0 Å². The second kappa shape index (κ2) is 6.68. The fourth-order valence-electron chi connectivity index (χ4n) is 2.64. The highest BCUT2D eigenvalue weighted by Gasteiger charge is 2.13. The normalized spacial score (nSPS) is 11.0. The Morgan fingerprint density at radius 1 is 1.32 bits per heavy atom. The molecule has 0 saturated carbocycles. The molecule has 0 atom stereocenters. The van der Waals surface area contributed by atoms with E-state index >= 15 is 0 Å². The van der Waals surface area contributed by atoms with Crippen LogP contribution < -0.4 is 16.6 Å². The summed E-state index contributed by atoms with van der Waals surface area (Å²) in [7, 11) is 0. The van der Waals surface area contributed by atoms with Gasteiger partial charge in [0, 0.05) is 29.2 Å². The first-order valence-electron chi connectivity index (χ1n) is 7.98. The van der Waals surface area contributed by atoms with Crippen LogP contribution in [-0.2, 0) is 11.3 Å². The van der Waals surface area contributed by atoms with E-state index in [1.165, 1.54) is 22.2 Å². The standard InChI is InChI=1S/C18H20N4O2S/c1-10-4-5-13(19)8-14(10)21-15(23)6-7-22-9-20-17-16(18(22)24)11(2)12(3)25-17/h4-5,8-9H,6-7,19H2,1-3H3,(H,21,23). The maximum absolute atomic E-state index is 12.6. The zero-order chi connectivity index (χ0) is 18.1. The fraction of sp³-hybridized carbons (Fsp3) is 0.278. The lowest BCUT2D eigenvalue weighted by Gasteiger charge is -2.10. The van der Waals surface area contributed by atoms with Crippen molar-refractivity contribution in [3.63, 3.8) is 0 Å². The number of hydrogen-bond acceptors (Lipinski definition) is 5. The van der Waals surface area contributed by atoms with Gasteiger partial charge in [0.2, 0.25) is 5.91 Å². The Morgan fingerprint density at radius 3 is 2.84 bits per heavy atom. The minimum absolute atomic E-state index is 0.0974. The molecule has 25 heavy (non-hydrogen) atoms. The molecule has 0 aliphatic rings. The van der Waals surface area contributed by atoms with Crippen LogP contribution in [0.15, 0.2) is 29.3 Å². The molecule has 0 fully saturated rings. The molecular weight excluding hydrogens is 336 g/mol. The summed E-state index contributed by atoms with van der Waals surface area (Å²) in [5.41, 5.74) is 8.84. The fourth-order valence-corrected chi connectivity index (χ4v) is 3.63. The SMILES string of the molecule is Cc1ccc(N)cc1NC(=O)CCn1cnc2sc(C)c(C)c2c1=O. The van der Waals surface area contributed by atoms with E-state index in [0.717, 1.165) is 20.8 Å². The molecular formula is C18H20N4O2S. The lowest BCUT2D eigenvalue weighted by atomic mass is 10.2. The molecule has 130 valence electrons. The third-order valence-electron chi connectivity index (χ3n) is 4.27. The highest BCUT2D eigenvalue weighted by atomic mass is 32.1. The van der Waals surface area contributed by atoms with E-state index in [0.29, 0.717) is 16.8 Å². The molecule has 1 aromatic carbocycles. The highest BCUT2D eigenvalue weighted by molar-refractivity contribution is 7.18. The summed E-state index contributed by atoms with van der Waals surface area (Å²) >= 11 is 1.52. The number of fused-ring (bicyclic) bond motifs is 1. The number of nitrogens with two attached hydrogens (primary N) is 1. The molecule has 6 nitrogen and oxygen atoms in total. The number of aryl methyl sites for hydroxylation is 4. The molecule has 0 aliphatic carbocycles. The Bertz CT molecular complexity index is 1020. The number of amides is 1. The maximum Gasteiger partial charge on any atom is 0.262 e. The Morgan fingerprint density at radius 2 is 2.08 bits per heavy atom. The van der Waals surface area contributed by atoms with Gasteiger partial charge in [-0.1, -0.05) is 6.07 Å².